The summed E-state index contributed by atoms with van der Waals surface area (Å²) in [7, 11) is 0.389. The van der Waals surface area contributed by atoms with E-state index in [1.807, 2.05) is 31.1 Å². The number of nitrogens with zero attached hydrogens (tertiary/aromatic N) is 1. The Balaban J connectivity index is 2.00. The van der Waals surface area contributed by atoms with Gasteiger partial charge in [-0.25, -0.2) is 13.1 Å². The van der Waals surface area contributed by atoms with Gasteiger partial charge in [-0.1, -0.05) is 25.5 Å². The van der Waals surface area contributed by atoms with Gasteiger partial charge in [-0.3, -0.25) is 0 Å². The first-order valence-corrected chi connectivity index (χ1v) is 10.4. The van der Waals surface area contributed by atoms with Crippen LogP contribution in [0.25, 0.3) is 0 Å². The summed E-state index contributed by atoms with van der Waals surface area (Å²) in [6.45, 7) is 4.39. The van der Waals surface area contributed by atoms with Crippen LogP contribution < -0.4 is 4.72 Å². The SMILES string of the molecule is CCCc1ccc(S(=O)(=O)N[C@@H]2CCOC[C@H]2OCCN(C)C)cc1. The highest BCUT2D eigenvalue weighted by atomic mass is 32.2. The van der Waals surface area contributed by atoms with Gasteiger partial charge in [-0.2, -0.15) is 0 Å². The molecule has 0 bridgehead atoms. The molecule has 1 heterocycles. The minimum Gasteiger partial charge on any atom is -0.379 e. The number of likely N-dealkylation sites (N-methyl/N-ethyl adjacent to an activating group) is 1. The van der Waals surface area contributed by atoms with Crippen LogP contribution in [0, 0.1) is 0 Å². The zero-order valence-corrected chi connectivity index (χ0v) is 16.2. The van der Waals surface area contributed by atoms with Crippen molar-refractivity contribution in [2.45, 2.75) is 43.2 Å². The fourth-order valence-electron chi connectivity index (χ4n) is 2.79. The van der Waals surface area contributed by atoms with Crippen molar-refractivity contribution in [2.24, 2.45) is 0 Å². The molecule has 0 spiro atoms. The molecule has 1 aromatic rings. The van der Waals surface area contributed by atoms with Crippen LogP contribution in [-0.2, 0) is 25.9 Å². The third kappa shape index (κ3) is 6.34. The monoisotopic (exact) mass is 370 g/mol. The summed E-state index contributed by atoms with van der Waals surface area (Å²) in [5.74, 6) is 0. The van der Waals surface area contributed by atoms with Crippen LogP contribution in [0.2, 0.25) is 0 Å². The van der Waals surface area contributed by atoms with Crippen molar-refractivity contribution in [1.82, 2.24) is 9.62 Å². The zero-order valence-electron chi connectivity index (χ0n) is 15.4. The topological polar surface area (TPSA) is 67.9 Å². The van der Waals surface area contributed by atoms with Gasteiger partial charge in [0.05, 0.1) is 30.3 Å². The van der Waals surface area contributed by atoms with Crippen molar-refractivity contribution in [3.63, 3.8) is 0 Å². The Bertz CT molecular complexity index is 616. The normalized spacial score (nSPS) is 21.6. The number of hydrogen-bond acceptors (Lipinski definition) is 5. The van der Waals surface area contributed by atoms with Crippen LogP contribution in [0.1, 0.15) is 25.3 Å². The van der Waals surface area contributed by atoms with Crippen LogP contribution in [-0.4, -0.2) is 65.9 Å². The first-order valence-electron chi connectivity index (χ1n) is 8.87. The van der Waals surface area contributed by atoms with E-state index in [0.29, 0.717) is 31.1 Å². The molecular weight excluding hydrogens is 340 g/mol. The lowest BCUT2D eigenvalue weighted by molar-refractivity contribution is -0.0665. The summed E-state index contributed by atoms with van der Waals surface area (Å²) < 4.78 is 39.5. The lowest BCUT2D eigenvalue weighted by Gasteiger charge is -2.32. The minimum absolute atomic E-state index is 0.261. The lowest BCUT2D eigenvalue weighted by Crippen LogP contribution is -2.50. The van der Waals surface area contributed by atoms with E-state index in [2.05, 4.69) is 11.6 Å². The molecule has 2 rings (SSSR count). The summed E-state index contributed by atoms with van der Waals surface area (Å²) in [5.41, 5.74) is 1.15. The molecule has 0 amide bonds. The second-order valence-electron chi connectivity index (χ2n) is 6.70. The summed E-state index contributed by atoms with van der Waals surface area (Å²) in [5, 5.41) is 0. The maximum Gasteiger partial charge on any atom is 0.240 e. The molecule has 25 heavy (non-hydrogen) atoms. The molecule has 0 unspecified atom stereocenters. The molecule has 1 aliphatic rings. The van der Waals surface area contributed by atoms with Crippen molar-refractivity contribution >= 4 is 10.0 Å². The minimum atomic E-state index is -3.56. The van der Waals surface area contributed by atoms with Crippen LogP contribution in [0.4, 0.5) is 0 Å². The molecule has 0 saturated carbocycles. The third-order valence-corrected chi connectivity index (χ3v) is 5.76. The van der Waals surface area contributed by atoms with Gasteiger partial charge in [-0.15, -0.1) is 0 Å². The molecule has 2 atom stereocenters. The number of benzene rings is 1. The Hall–Kier alpha value is -0.990. The van der Waals surface area contributed by atoms with Gasteiger partial charge in [0, 0.05) is 13.2 Å². The highest BCUT2D eigenvalue weighted by Crippen LogP contribution is 2.17. The molecule has 1 N–H and O–H groups in total. The number of sulfonamides is 1. The molecule has 1 saturated heterocycles. The van der Waals surface area contributed by atoms with E-state index in [4.69, 9.17) is 9.47 Å². The number of rotatable bonds is 9. The second kappa shape index (κ2) is 9.64. The van der Waals surface area contributed by atoms with Gasteiger partial charge in [0.25, 0.3) is 0 Å². The van der Waals surface area contributed by atoms with Crippen molar-refractivity contribution in [1.29, 1.82) is 0 Å². The summed E-state index contributed by atoms with van der Waals surface area (Å²) in [4.78, 5) is 2.33. The first kappa shape index (κ1) is 20.3. The molecule has 1 aliphatic heterocycles. The molecule has 1 aromatic carbocycles. The molecule has 0 radical (unpaired) electrons. The van der Waals surface area contributed by atoms with Crippen molar-refractivity contribution in [2.75, 3.05) is 40.5 Å². The summed E-state index contributed by atoms with van der Waals surface area (Å²) in [6.07, 6.45) is 2.34. The highest BCUT2D eigenvalue weighted by molar-refractivity contribution is 7.89. The third-order valence-electron chi connectivity index (χ3n) is 4.25. The van der Waals surface area contributed by atoms with Gasteiger partial charge in [0.2, 0.25) is 10.0 Å². The predicted octanol–water partition coefficient (Wildman–Crippen LogP) is 1.65. The maximum absolute atomic E-state index is 12.7. The van der Waals surface area contributed by atoms with Gasteiger partial charge in [-0.05, 0) is 44.6 Å². The van der Waals surface area contributed by atoms with Crippen LogP contribution in [0.5, 0.6) is 0 Å². The van der Waals surface area contributed by atoms with Gasteiger partial charge in [0.15, 0.2) is 0 Å². The number of hydrogen-bond donors (Lipinski definition) is 1. The Morgan fingerprint density at radius 2 is 2.00 bits per heavy atom. The van der Waals surface area contributed by atoms with Crippen molar-refractivity contribution < 1.29 is 17.9 Å². The molecule has 1 fully saturated rings. The van der Waals surface area contributed by atoms with Crippen molar-refractivity contribution in [3.8, 4) is 0 Å². The van der Waals surface area contributed by atoms with E-state index >= 15 is 0 Å². The zero-order chi connectivity index (χ0) is 18.3. The summed E-state index contributed by atoms with van der Waals surface area (Å²) in [6, 6.07) is 6.85. The Labute approximate surface area is 151 Å². The average Bonchev–Trinajstić information content (AvgIpc) is 2.57. The summed E-state index contributed by atoms with van der Waals surface area (Å²) >= 11 is 0. The second-order valence-corrected chi connectivity index (χ2v) is 8.41. The molecule has 142 valence electrons. The number of aryl methyl sites for hydroxylation is 1. The van der Waals surface area contributed by atoms with Crippen molar-refractivity contribution in [3.05, 3.63) is 29.8 Å². The number of nitrogens with one attached hydrogen (secondary N) is 1. The lowest BCUT2D eigenvalue weighted by atomic mass is 10.1. The maximum atomic E-state index is 12.7. The van der Waals surface area contributed by atoms with E-state index in [1.165, 1.54) is 0 Å². The van der Waals surface area contributed by atoms with E-state index in [9.17, 15) is 8.42 Å². The Morgan fingerprint density at radius 1 is 1.28 bits per heavy atom. The van der Waals surface area contributed by atoms with Crippen LogP contribution in [0.3, 0.4) is 0 Å². The quantitative estimate of drug-likeness (QED) is 0.716. The smallest absolute Gasteiger partial charge is 0.240 e. The van der Waals surface area contributed by atoms with E-state index in [0.717, 1.165) is 24.9 Å². The van der Waals surface area contributed by atoms with Crippen LogP contribution in [0.15, 0.2) is 29.2 Å². The molecule has 7 heteroatoms. The molecule has 6 nitrogen and oxygen atoms in total. The fraction of sp³-hybridized carbons (Fsp3) is 0.667. The highest BCUT2D eigenvalue weighted by Gasteiger charge is 2.30. The van der Waals surface area contributed by atoms with E-state index in [-0.39, 0.29) is 12.1 Å². The molecule has 0 aromatic heterocycles. The van der Waals surface area contributed by atoms with Crippen LogP contribution >= 0.6 is 0 Å². The van der Waals surface area contributed by atoms with Gasteiger partial charge < -0.3 is 14.4 Å². The first-order chi connectivity index (χ1) is 11.9. The van der Waals surface area contributed by atoms with Gasteiger partial charge in [0.1, 0.15) is 0 Å². The Kier molecular flexibility index (Phi) is 7.83. The standard InChI is InChI=1S/C18H30N2O4S/c1-4-5-15-6-8-16(9-7-15)25(21,22)19-17-10-12-23-14-18(17)24-13-11-20(2)3/h6-9,17-19H,4-5,10-14H2,1-3H3/t17-,18-/m1/s1. The number of ether oxygens (including phenoxy) is 2. The largest absolute Gasteiger partial charge is 0.379 e. The predicted molar refractivity (Wildman–Crippen MR) is 98.3 cm³/mol. The Morgan fingerprint density at radius 3 is 2.64 bits per heavy atom. The van der Waals surface area contributed by atoms with E-state index < -0.39 is 10.0 Å². The molecular formula is C18H30N2O4S. The average molecular weight is 371 g/mol. The van der Waals surface area contributed by atoms with Gasteiger partial charge >= 0.3 is 0 Å². The molecule has 0 aliphatic carbocycles. The fourth-order valence-corrected chi connectivity index (χ4v) is 4.09. The van der Waals surface area contributed by atoms with E-state index in [1.54, 1.807) is 12.1 Å².